The lowest BCUT2D eigenvalue weighted by Crippen LogP contribution is -2.21. The second-order valence-corrected chi connectivity index (χ2v) is 2.97. The summed E-state index contributed by atoms with van der Waals surface area (Å²) >= 11 is 0. The van der Waals surface area contributed by atoms with E-state index in [-0.39, 0.29) is 6.10 Å². The van der Waals surface area contributed by atoms with Gasteiger partial charge in [-0.3, -0.25) is 9.89 Å². The van der Waals surface area contributed by atoms with E-state index < -0.39 is 0 Å². The highest BCUT2D eigenvalue weighted by Gasteiger charge is 2.20. The van der Waals surface area contributed by atoms with E-state index in [0.717, 1.165) is 19.3 Å². The van der Waals surface area contributed by atoms with Gasteiger partial charge in [0.15, 0.2) is 0 Å². The van der Waals surface area contributed by atoms with Crippen LogP contribution in [0.2, 0.25) is 0 Å². The molecule has 0 saturated heterocycles. The minimum Gasteiger partial charge on any atom is -0.464 e. The Labute approximate surface area is 69.9 Å². The van der Waals surface area contributed by atoms with Crippen molar-refractivity contribution in [3.63, 3.8) is 0 Å². The van der Waals surface area contributed by atoms with Gasteiger partial charge in [-0.05, 0) is 18.4 Å². The van der Waals surface area contributed by atoms with Gasteiger partial charge in [-0.1, -0.05) is 0 Å². The summed E-state index contributed by atoms with van der Waals surface area (Å²) < 4.78 is 4.89. The highest BCUT2D eigenvalue weighted by molar-refractivity contribution is 5.38. The molecule has 64 valence electrons. The van der Waals surface area contributed by atoms with Gasteiger partial charge in [0.25, 0.3) is 6.47 Å². The van der Waals surface area contributed by atoms with Gasteiger partial charge in [-0.15, -0.1) is 0 Å². The van der Waals surface area contributed by atoms with Gasteiger partial charge >= 0.3 is 0 Å². The molecule has 0 fully saturated rings. The molecule has 1 aromatic rings. The molecule has 0 amide bonds. The number of carbonyl (C=O) groups excluding carboxylic acids is 1. The van der Waals surface area contributed by atoms with Crippen molar-refractivity contribution in [2.75, 3.05) is 0 Å². The highest BCUT2D eigenvalue weighted by atomic mass is 16.5. The zero-order valence-corrected chi connectivity index (χ0v) is 6.62. The molecular weight excluding hydrogens is 156 g/mol. The number of carbonyl (C=O) groups is 1. The molecule has 12 heavy (non-hydrogen) atoms. The maximum absolute atomic E-state index is 10.1. The lowest BCUT2D eigenvalue weighted by atomic mass is 9.96. The fourth-order valence-electron chi connectivity index (χ4n) is 1.58. The number of rotatable bonds is 2. The number of fused-ring (bicyclic) bond motifs is 1. The zero-order chi connectivity index (χ0) is 8.39. The molecule has 0 radical (unpaired) electrons. The van der Waals surface area contributed by atoms with Crippen LogP contribution in [0, 0.1) is 0 Å². The Morgan fingerprint density at radius 2 is 2.67 bits per heavy atom. The van der Waals surface area contributed by atoms with Crippen LogP contribution >= 0.6 is 0 Å². The molecule has 1 unspecified atom stereocenters. The first-order valence-corrected chi connectivity index (χ1v) is 4.00. The number of aromatic amines is 1. The number of ether oxygens (including phenoxy) is 1. The summed E-state index contributed by atoms with van der Waals surface area (Å²) in [5.74, 6) is 0. The molecule has 4 nitrogen and oxygen atoms in total. The number of nitrogens with zero attached hydrogens (tertiary/aromatic N) is 1. The van der Waals surface area contributed by atoms with Crippen molar-refractivity contribution in [1.29, 1.82) is 0 Å². The number of hydrogen-bond donors (Lipinski definition) is 1. The average molecular weight is 166 g/mol. The molecule has 1 aromatic heterocycles. The Bertz CT molecular complexity index is 282. The third-order valence-electron chi connectivity index (χ3n) is 2.22. The molecule has 1 aliphatic carbocycles. The molecule has 0 aromatic carbocycles. The second kappa shape index (κ2) is 2.97. The summed E-state index contributed by atoms with van der Waals surface area (Å²) in [6.07, 6.45) is 4.47. The molecule has 1 atom stereocenters. The second-order valence-electron chi connectivity index (χ2n) is 2.97. The first-order valence-electron chi connectivity index (χ1n) is 4.00. The van der Waals surface area contributed by atoms with E-state index in [1.54, 1.807) is 6.20 Å². The summed E-state index contributed by atoms with van der Waals surface area (Å²) in [7, 11) is 0. The Kier molecular flexibility index (Phi) is 1.81. The van der Waals surface area contributed by atoms with E-state index in [0.29, 0.717) is 6.47 Å². The number of nitrogens with one attached hydrogen (secondary N) is 1. The van der Waals surface area contributed by atoms with Crippen molar-refractivity contribution in [2.24, 2.45) is 0 Å². The van der Waals surface area contributed by atoms with Crippen LogP contribution in [-0.4, -0.2) is 22.8 Å². The van der Waals surface area contributed by atoms with Crippen LogP contribution in [0.25, 0.3) is 0 Å². The molecule has 4 heteroatoms. The lowest BCUT2D eigenvalue weighted by Gasteiger charge is -2.19. The maximum Gasteiger partial charge on any atom is 0.293 e. The van der Waals surface area contributed by atoms with E-state index in [9.17, 15) is 4.79 Å². The number of H-pyrrole nitrogens is 1. The van der Waals surface area contributed by atoms with Crippen LogP contribution in [0.3, 0.4) is 0 Å². The van der Waals surface area contributed by atoms with Gasteiger partial charge in [0.2, 0.25) is 0 Å². The summed E-state index contributed by atoms with van der Waals surface area (Å²) in [5.41, 5.74) is 2.36. The van der Waals surface area contributed by atoms with Crippen molar-refractivity contribution in [1.82, 2.24) is 10.2 Å². The third kappa shape index (κ3) is 1.20. The number of aromatic nitrogens is 2. The predicted molar refractivity (Wildman–Crippen MR) is 41.5 cm³/mol. The van der Waals surface area contributed by atoms with Gasteiger partial charge in [0, 0.05) is 12.1 Å². The standard InChI is InChI=1S/C8H10N2O2/c11-5-12-7-1-2-8-6(3-7)4-9-10-8/h4-5,7H,1-3H2,(H,9,10). The zero-order valence-electron chi connectivity index (χ0n) is 6.62. The minimum atomic E-state index is 0.0487. The van der Waals surface area contributed by atoms with Crippen molar-refractivity contribution in [3.8, 4) is 0 Å². The highest BCUT2D eigenvalue weighted by Crippen LogP contribution is 2.20. The fraction of sp³-hybridized carbons (Fsp3) is 0.500. The van der Waals surface area contributed by atoms with E-state index in [1.807, 2.05) is 0 Å². The Hall–Kier alpha value is -1.32. The number of aryl methyl sites for hydroxylation is 1. The largest absolute Gasteiger partial charge is 0.464 e. The smallest absolute Gasteiger partial charge is 0.293 e. The van der Waals surface area contributed by atoms with Crippen LogP contribution in [0.15, 0.2) is 6.20 Å². The average Bonchev–Trinajstić information content (AvgIpc) is 2.51. The van der Waals surface area contributed by atoms with Crippen LogP contribution < -0.4 is 0 Å². The van der Waals surface area contributed by atoms with Gasteiger partial charge in [-0.2, -0.15) is 5.10 Å². The van der Waals surface area contributed by atoms with Crippen molar-refractivity contribution in [2.45, 2.75) is 25.4 Å². The Balaban J connectivity index is 2.09. The van der Waals surface area contributed by atoms with Crippen molar-refractivity contribution >= 4 is 6.47 Å². The third-order valence-corrected chi connectivity index (χ3v) is 2.22. The topological polar surface area (TPSA) is 55.0 Å². The molecule has 1 aliphatic rings. The van der Waals surface area contributed by atoms with Gasteiger partial charge < -0.3 is 4.74 Å². The van der Waals surface area contributed by atoms with Crippen LogP contribution in [-0.2, 0) is 22.4 Å². The first-order chi connectivity index (χ1) is 5.90. The molecule has 0 bridgehead atoms. The SMILES string of the molecule is O=COC1CCc2[nH]ncc2C1. The lowest BCUT2D eigenvalue weighted by molar-refractivity contribution is -0.133. The van der Waals surface area contributed by atoms with Crippen LogP contribution in [0.4, 0.5) is 0 Å². The van der Waals surface area contributed by atoms with Gasteiger partial charge in [0.1, 0.15) is 6.10 Å². The number of hydrogen-bond acceptors (Lipinski definition) is 3. The van der Waals surface area contributed by atoms with Gasteiger partial charge in [0.05, 0.1) is 6.20 Å². The van der Waals surface area contributed by atoms with Gasteiger partial charge in [-0.25, -0.2) is 0 Å². The maximum atomic E-state index is 10.1. The minimum absolute atomic E-state index is 0.0487. The van der Waals surface area contributed by atoms with E-state index in [1.165, 1.54) is 11.3 Å². The molecule has 0 saturated carbocycles. The Morgan fingerprint density at radius 1 is 1.75 bits per heavy atom. The molecule has 0 aliphatic heterocycles. The summed E-state index contributed by atoms with van der Waals surface area (Å²) in [5, 5.41) is 6.86. The van der Waals surface area contributed by atoms with E-state index >= 15 is 0 Å². The molecule has 0 spiro atoms. The van der Waals surface area contributed by atoms with Crippen LogP contribution in [0.1, 0.15) is 17.7 Å². The molecule has 1 heterocycles. The quantitative estimate of drug-likeness (QED) is 0.648. The monoisotopic (exact) mass is 166 g/mol. The van der Waals surface area contributed by atoms with E-state index in [2.05, 4.69) is 10.2 Å². The Morgan fingerprint density at radius 3 is 3.50 bits per heavy atom. The summed E-state index contributed by atoms with van der Waals surface area (Å²) in [6.45, 7) is 0.524. The summed E-state index contributed by atoms with van der Waals surface area (Å²) in [6, 6.07) is 0. The first kappa shape index (κ1) is 7.34. The molecular formula is C8H10N2O2. The molecule has 2 rings (SSSR count). The molecule has 1 N–H and O–H groups in total. The fourth-order valence-corrected chi connectivity index (χ4v) is 1.58. The van der Waals surface area contributed by atoms with Crippen molar-refractivity contribution < 1.29 is 9.53 Å². The van der Waals surface area contributed by atoms with Crippen molar-refractivity contribution in [3.05, 3.63) is 17.5 Å². The summed E-state index contributed by atoms with van der Waals surface area (Å²) in [4.78, 5) is 10.1. The van der Waals surface area contributed by atoms with E-state index in [4.69, 9.17) is 4.74 Å². The van der Waals surface area contributed by atoms with Crippen LogP contribution in [0.5, 0.6) is 0 Å². The normalized spacial score (nSPS) is 21.5. The predicted octanol–water partition coefficient (Wildman–Crippen LogP) is 0.440.